The Bertz CT molecular complexity index is 749. The predicted octanol–water partition coefficient (Wildman–Crippen LogP) is 4.86. The van der Waals surface area contributed by atoms with Crippen molar-refractivity contribution in [1.29, 1.82) is 0 Å². The summed E-state index contributed by atoms with van der Waals surface area (Å²) < 4.78 is 0. The maximum absolute atomic E-state index is 10.8. The highest BCUT2D eigenvalue weighted by Crippen LogP contribution is 2.30. The molecule has 0 amide bonds. The van der Waals surface area contributed by atoms with Crippen LogP contribution in [0.2, 0.25) is 0 Å². The van der Waals surface area contributed by atoms with Gasteiger partial charge in [0.05, 0.1) is 5.69 Å². The second kappa shape index (κ2) is 6.43. The van der Waals surface area contributed by atoms with Crippen LogP contribution in [-0.4, -0.2) is 16.1 Å². The molecular formula is C15H11NO2S3. The molecule has 6 heteroatoms. The average Bonchev–Trinajstić information content (AvgIpc) is 3.15. The smallest absolute Gasteiger partial charge is 0.345 e. The van der Waals surface area contributed by atoms with E-state index in [1.165, 1.54) is 11.3 Å². The highest BCUT2D eigenvalue weighted by Gasteiger charge is 2.09. The predicted molar refractivity (Wildman–Crippen MR) is 88.4 cm³/mol. The van der Waals surface area contributed by atoms with Gasteiger partial charge in [0.25, 0.3) is 0 Å². The van der Waals surface area contributed by atoms with Crippen molar-refractivity contribution in [2.45, 2.75) is 10.6 Å². The number of aromatic carboxylic acids is 1. The van der Waals surface area contributed by atoms with E-state index in [4.69, 9.17) is 5.11 Å². The van der Waals surface area contributed by atoms with Crippen LogP contribution in [0, 0.1) is 0 Å². The van der Waals surface area contributed by atoms with Gasteiger partial charge in [0.1, 0.15) is 9.88 Å². The number of benzene rings is 1. The van der Waals surface area contributed by atoms with Crippen LogP contribution in [0.15, 0.2) is 52.1 Å². The van der Waals surface area contributed by atoms with Crippen LogP contribution < -0.4 is 0 Å². The normalized spacial score (nSPS) is 10.7. The third-order valence-corrected chi connectivity index (χ3v) is 5.76. The van der Waals surface area contributed by atoms with Crippen molar-refractivity contribution in [3.63, 3.8) is 0 Å². The van der Waals surface area contributed by atoms with Crippen molar-refractivity contribution in [2.24, 2.45) is 0 Å². The van der Waals surface area contributed by atoms with E-state index in [-0.39, 0.29) is 0 Å². The lowest BCUT2D eigenvalue weighted by atomic mass is 10.2. The first kappa shape index (κ1) is 14.3. The Hall–Kier alpha value is -1.63. The fourth-order valence-electron chi connectivity index (χ4n) is 1.75. The minimum absolute atomic E-state index is 0.376. The Balaban J connectivity index is 1.66. The highest BCUT2D eigenvalue weighted by molar-refractivity contribution is 7.98. The maximum Gasteiger partial charge on any atom is 0.345 e. The number of rotatable bonds is 5. The molecule has 0 radical (unpaired) electrons. The summed E-state index contributed by atoms with van der Waals surface area (Å²) in [6.45, 7) is 0. The lowest BCUT2D eigenvalue weighted by Crippen LogP contribution is -1.89. The number of thiazole rings is 1. The first-order valence-electron chi connectivity index (χ1n) is 6.17. The maximum atomic E-state index is 10.8. The molecule has 1 aromatic carbocycles. The van der Waals surface area contributed by atoms with Gasteiger partial charge in [-0.3, -0.25) is 0 Å². The number of thiophene rings is 1. The van der Waals surface area contributed by atoms with Gasteiger partial charge in [-0.25, -0.2) is 9.78 Å². The summed E-state index contributed by atoms with van der Waals surface area (Å²) in [4.78, 5) is 16.8. The number of hydrogen-bond donors (Lipinski definition) is 1. The molecule has 0 atom stereocenters. The van der Waals surface area contributed by atoms with Crippen LogP contribution in [0.25, 0.3) is 10.6 Å². The van der Waals surface area contributed by atoms with E-state index in [9.17, 15) is 4.79 Å². The Morgan fingerprint density at radius 1 is 1.19 bits per heavy atom. The quantitative estimate of drug-likeness (QED) is 0.677. The largest absolute Gasteiger partial charge is 0.477 e. The Kier molecular flexibility index (Phi) is 4.38. The fraction of sp³-hybridized carbons (Fsp3) is 0.0667. The summed E-state index contributed by atoms with van der Waals surface area (Å²) in [5, 5.41) is 13.8. The van der Waals surface area contributed by atoms with Crippen molar-refractivity contribution < 1.29 is 9.90 Å². The third kappa shape index (κ3) is 3.53. The average molecular weight is 333 g/mol. The van der Waals surface area contributed by atoms with Crippen molar-refractivity contribution in [1.82, 2.24) is 4.98 Å². The molecule has 0 aliphatic rings. The van der Waals surface area contributed by atoms with Gasteiger partial charge >= 0.3 is 5.97 Å². The standard InChI is InChI=1S/C15H11NO2S3/c17-15(18)13-6-12(9-20-13)19-7-11-8-21-14(16-11)10-4-2-1-3-5-10/h1-6,8-9H,7H2,(H,17,18). The van der Waals surface area contributed by atoms with Crippen LogP contribution in [-0.2, 0) is 5.75 Å². The van der Waals surface area contributed by atoms with Crippen molar-refractivity contribution in [3.05, 3.63) is 57.7 Å². The van der Waals surface area contributed by atoms with E-state index in [1.54, 1.807) is 29.2 Å². The van der Waals surface area contributed by atoms with Gasteiger partial charge < -0.3 is 5.11 Å². The molecule has 2 aromatic heterocycles. The highest BCUT2D eigenvalue weighted by atomic mass is 32.2. The molecule has 0 aliphatic heterocycles. The number of nitrogens with zero attached hydrogens (tertiary/aromatic N) is 1. The van der Waals surface area contributed by atoms with Crippen LogP contribution in [0.1, 0.15) is 15.4 Å². The van der Waals surface area contributed by atoms with Crippen molar-refractivity contribution in [3.8, 4) is 10.6 Å². The summed E-state index contributed by atoms with van der Waals surface area (Å²) in [7, 11) is 0. The topological polar surface area (TPSA) is 50.2 Å². The Morgan fingerprint density at radius 2 is 2.00 bits per heavy atom. The first-order chi connectivity index (χ1) is 10.2. The molecule has 0 saturated heterocycles. The van der Waals surface area contributed by atoms with Gasteiger partial charge in [0.2, 0.25) is 0 Å². The minimum Gasteiger partial charge on any atom is -0.477 e. The van der Waals surface area contributed by atoms with Gasteiger partial charge in [-0.15, -0.1) is 34.4 Å². The summed E-state index contributed by atoms with van der Waals surface area (Å²) in [5.41, 5.74) is 2.15. The molecule has 0 aliphatic carbocycles. The molecule has 0 unspecified atom stereocenters. The summed E-state index contributed by atoms with van der Waals surface area (Å²) in [6, 6.07) is 11.8. The zero-order chi connectivity index (χ0) is 14.7. The SMILES string of the molecule is O=C(O)c1cc(SCc2csc(-c3ccccc3)n2)cs1. The number of aromatic nitrogens is 1. The van der Waals surface area contributed by atoms with Gasteiger partial charge in [-0.05, 0) is 6.07 Å². The van der Waals surface area contributed by atoms with Crippen molar-refractivity contribution in [2.75, 3.05) is 0 Å². The van der Waals surface area contributed by atoms with Crippen molar-refractivity contribution >= 4 is 40.4 Å². The van der Waals surface area contributed by atoms with E-state index in [2.05, 4.69) is 10.4 Å². The zero-order valence-corrected chi connectivity index (χ0v) is 13.3. The second-order valence-corrected chi connectivity index (χ2v) is 7.07. The molecule has 3 nitrogen and oxygen atoms in total. The number of carboxylic acid groups (broad SMARTS) is 1. The van der Waals surface area contributed by atoms with Crippen LogP contribution in [0.4, 0.5) is 0 Å². The molecule has 106 valence electrons. The first-order valence-corrected chi connectivity index (χ1v) is 8.91. The van der Waals surface area contributed by atoms with E-state index < -0.39 is 5.97 Å². The molecular weight excluding hydrogens is 322 g/mol. The monoisotopic (exact) mass is 333 g/mol. The zero-order valence-electron chi connectivity index (χ0n) is 10.9. The molecule has 2 heterocycles. The Morgan fingerprint density at radius 3 is 2.71 bits per heavy atom. The molecule has 0 spiro atoms. The molecule has 3 aromatic rings. The number of hydrogen-bond acceptors (Lipinski definition) is 5. The van der Waals surface area contributed by atoms with Gasteiger partial charge in [-0.1, -0.05) is 30.3 Å². The third-order valence-electron chi connectivity index (χ3n) is 2.75. The minimum atomic E-state index is -0.869. The number of carboxylic acids is 1. The molecule has 0 bridgehead atoms. The number of thioether (sulfide) groups is 1. The molecule has 1 N–H and O–H groups in total. The Labute approximate surface area is 134 Å². The van der Waals surface area contributed by atoms with E-state index >= 15 is 0 Å². The molecule has 0 saturated carbocycles. The number of carbonyl (C=O) groups is 1. The summed E-state index contributed by atoms with van der Waals surface area (Å²) in [6.07, 6.45) is 0. The second-order valence-electron chi connectivity index (χ2n) is 4.25. The van der Waals surface area contributed by atoms with Gasteiger partial charge in [0, 0.05) is 27.0 Å². The molecule has 21 heavy (non-hydrogen) atoms. The van der Waals surface area contributed by atoms with Crippen LogP contribution >= 0.6 is 34.4 Å². The van der Waals surface area contributed by atoms with E-state index in [1.807, 2.05) is 35.7 Å². The molecule has 3 rings (SSSR count). The lowest BCUT2D eigenvalue weighted by molar-refractivity contribution is 0.0702. The van der Waals surface area contributed by atoms with Crippen LogP contribution in [0.5, 0.6) is 0 Å². The lowest BCUT2D eigenvalue weighted by Gasteiger charge is -1.95. The van der Waals surface area contributed by atoms with E-state index in [0.29, 0.717) is 4.88 Å². The van der Waals surface area contributed by atoms with E-state index in [0.717, 1.165) is 26.9 Å². The fourth-order valence-corrected chi connectivity index (χ4v) is 4.44. The summed E-state index contributed by atoms with van der Waals surface area (Å²) >= 11 is 4.50. The van der Waals surface area contributed by atoms with Gasteiger partial charge in [0.15, 0.2) is 0 Å². The van der Waals surface area contributed by atoms with Crippen LogP contribution in [0.3, 0.4) is 0 Å². The summed E-state index contributed by atoms with van der Waals surface area (Å²) in [5.74, 6) is -0.120. The molecule has 0 fully saturated rings. The van der Waals surface area contributed by atoms with Gasteiger partial charge in [-0.2, -0.15) is 0 Å².